The Hall–Kier alpha value is -2.57. The highest BCUT2D eigenvalue weighted by molar-refractivity contribution is 6.04. The molecular weight excluding hydrogens is 406 g/mol. The van der Waals surface area contributed by atoms with Gasteiger partial charge >= 0.3 is 0 Å². The highest BCUT2D eigenvalue weighted by atomic mass is 16.5. The Kier molecular flexibility index (Phi) is 7.47. The van der Waals surface area contributed by atoms with Crippen LogP contribution < -0.4 is 15.0 Å². The second-order valence-corrected chi connectivity index (χ2v) is 9.55. The molecule has 1 saturated carbocycles. The highest BCUT2D eigenvalue weighted by Gasteiger charge is 2.41. The van der Waals surface area contributed by atoms with Crippen LogP contribution in [-0.4, -0.2) is 53.4 Å². The molecule has 3 rings (SSSR count). The minimum atomic E-state index is -1.01. The van der Waals surface area contributed by atoms with Crippen LogP contribution >= 0.6 is 0 Å². The summed E-state index contributed by atoms with van der Waals surface area (Å²) in [5.41, 5.74) is 0.124. The molecule has 32 heavy (non-hydrogen) atoms. The first-order chi connectivity index (χ1) is 15.2. The summed E-state index contributed by atoms with van der Waals surface area (Å²) in [6.45, 7) is 10.0. The van der Waals surface area contributed by atoms with Crippen LogP contribution in [0.25, 0.3) is 0 Å². The van der Waals surface area contributed by atoms with Gasteiger partial charge in [-0.1, -0.05) is 26.2 Å². The molecule has 3 amide bonds. The number of benzene rings is 1. The van der Waals surface area contributed by atoms with Crippen LogP contribution in [-0.2, 0) is 9.59 Å². The summed E-state index contributed by atoms with van der Waals surface area (Å²) < 4.78 is 5.97. The molecule has 1 fully saturated rings. The lowest BCUT2D eigenvalue weighted by molar-refractivity contribution is -0.132. The monoisotopic (exact) mass is 443 g/mol. The molecule has 176 valence electrons. The normalized spacial score (nSPS) is 18.2. The second-order valence-electron chi connectivity index (χ2n) is 9.55. The molecule has 0 unspecified atom stereocenters. The van der Waals surface area contributed by atoms with Gasteiger partial charge in [-0.2, -0.15) is 0 Å². The first kappa shape index (κ1) is 24.1. The van der Waals surface area contributed by atoms with Gasteiger partial charge in [0, 0.05) is 37.2 Å². The zero-order chi connectivity index (χ0) is 23.5. The Morgan fingerprint density at radius 1 is 1.22 bits per heavy atom. The SMILES string of the molecule is CCC(=O)NCCN1C(=O)C(C)(C)Oc2ccc(C(=O)N(C(C)C)C3CCCCC3)cc21. The number of fused-ring (bicyclic) bond motifs is 1. The zero-order valence-corrected chi connectivity index (χ0v) is 20.1. The summed E-state index contributed by atoms with van der Waals surface area (Å²) in [6.07, 6.45) is 6.00. The summed E-state index contributed by atoms with van der Waals surface area (Å²) in [7, 11) is 0. The Bertz CT molecular complexity index is 859. The Balaban J connectivity index is 1.90. The van der Waals surface area contributed by atoms with E-state index in [9.17, 15) is 14.4 Å². The maximum Gasteiger partial charge on any atom is 0.270 e. The lowest BCUT2D eigenvalue weighted by Crippen LogP contribution is -2.54. The third-order valence-corrected chi connectivity index (χ3v) is 6.36. The van der Waals surface area contributed by atoms with E-state index >= 15 is 0 Å². The molecule has 0 radical (unpaired) electrons. The summed E-state index contributed by atoms with van der Waals surface area (Å²) in [6, 6.07) is 5.70. The minimum Gasteiger partial charge on any atom is -0.476 e. The minimum absolute atomic E-state index is 0.00813. The number of nitrogens with one attached hydrogen (secondary N) is 1. The number of anilines is 1. The van der Waals surface area contributed by atoms with E-state index in [0.29, 0.717) is 36.5 Å². The van der Waals surface area contributed by atoms with Gasteiger partial charge in [-0.05, 0) is 58.7 Å². The predicted octanol–water partition coefficient (Wildman–Crippen LogP) is 3.90. The Labute approximate surface area is 191 Å². The van der Waals surface area contributed by atoms with Gasteiger partial charge in [0.2, 0.25) is 5.91 Å². The molecule has 2 aliphatic rings. The van der Waals surface area contributed by atoms with Crippen molar-refractivity contribution >= 4 is 23.4 Å². The predicted molar refractivity (Wildman–Crippen MR) is 125 cm³/mol. The molecule has 0 spiro atoms. The maximum absolute atomic E-state index is 13.6. The van der Waals surface area contributed by atoms with Gasteiger partial charge in [0.1, 0.15) is 5.75 Å². The molecule has 7 nitrogen and oxygen atoms in total. The molecule has 1 heterocycles. The van der Waals surface area contributed by atoms with E-state index in [4.69, 9.17) is 4.74 Å². The van der Waals surface area contributed by atoms with Crippen LogP contribution in [0.1, 0.15) is 83.5 Å². The third kappa shape index (κ3) is 5.08. The average Bonchev–Trinajstić information content (AvgIpc) is 2.76. The molecule has 1 N–H and O–H groups in total. The van der Waals surface area contributed by atoms with Crippen molar-refractivity contribution in [1.82, 2.24) is 10.2 Å². The number of hydrogen-bond acceptors (Lipinski definition) is 4. The van der Waals surface area contributed by atoms with Crippen molar-refractivity contribution < 1.29 is 19.1 Å². The number of carbonyl (C=O) groups is 3. The fraction of sp³-hybridized carbons (Fsp3) is 0.640. The molecule has 1 aliphatic heterocycles. The van der Waals surface area contributed by atoms with Crippen LogP contribution in [0.4, 0.5) is 5.69 Å². The first-order valence-corrected chi connectivity index (χ1v) is 11.9. The van der Waals surface area contributed by atoms with E-state index in [1.807, 2.05) is 4.90 Å². The largest absolute Gasteiger partial charge is 0.476 e. The molecular formula is C25H37N3O4. The maximum atomic E-state index is 13.6. The number of amides is 3. The van der Waals surface area contributed by atoms with Gasteiger partial charge in [-0.15, -0.1) is 0 Å². The van der Waals surface area contributed by atoms with Crippen molar-refractivity contribution in [1.29, 1.82) is 0 Å². The van der Waals surface area contributed by atoms with E-state index < -0.39 is 5.60 Å². The first-order valence-electron chi connectivity index (χ1n) is 11.9. The number of hydrogen-bond donors (Lipinski definition) is 1. The Morgan fingerprint density at radius 2 is 1.91 bits per heavy atom. The fourth-order valence-corrected chi connectivity index (χ4v) is 4.68. The summed E-state index contributed by atoms with van der Waals surface area (Å²) in [5, 5.41) is 2.82. The topological polar surface area (TPSA) is 79.0 Å². The molecule has 0 aromatic heterocycles. The number of carbonyl (C=O) groups excluding carboxylic acids is 3. The van der Waals surface area contributed by atoms with Crippen molar-refractivity contribution in [3.8, 4) is 5.75 Å². The lowest BCUT2D eigenvalue weighted by atomic mass is 9.92. The van der Waals surface area contributed by atoms with Gasteiger partial charge in [0.05, 0.1) is 5.69 Å². The number of rotatable bonds is 7. The molecule has 1 aromatic rings. The van der Waals surface area contributed by atoms with E-state index in [-0.39, 0.29) is 29.8 Å². The van der Waals surface area contributed by atoms with Crippen LogP contribution in [0.15, 0.2) is 18.2 Å². The molecule has 0 saturated heterocycles. The van der Waals surface area contributed by atoms with Crippen molar-refractivity contribution in [3.63, 3.8) is 0 Å². The summed E-state index contributed by atoms with van der Waals surface area (Å²) in [5.74, 6) is 0.315. The van der Waals surface area contributed by atoms with Crippen molar-refractivity contribution in [2.45, 2.75) is 90.8 Å². The number of nitrogens with zero attached hydrogens (tertiary/aromatic N) is 2. The average molecular weight is 444 g/mol. The Morgan fingerprint density at radius 3 is 2.53 bits per heavy atom. The third-order valence-electron chi connectivity index (χ3n) is 6.36. The van der Waals surface area contributed by atoms with E-state index in [2.05, 4.69) is 19.2 Å². The molecule has 1 aromatic carbocycles. The molecule has 0 atom stereocenters. The molecule has 1 aliphatic carbocycles. The van der Waals surface area contributed by atoms with Gasteiger partial charge in [-0.25, -0.2) is 0 Å². The van der Waals surface area contributed by atoms with E-state index in [1.165, 1.54) is 6.42 Å². The summed E-state index contributed by atoms with van der Waals surface area (Å²) in [4.78, 5) is 42.0. The smallest absolute Gasteiger partial charge is 0.270 e. The van der Waals surface area contributed by atoms with Gasteiger partial charge in [-0.3, -0.25) is 14.4 Å². The van der Waals surface area contributed by atoms with Crippen LogP contribution in [0, 0.1) is 0 Å². The quantitative estimate of drug-likeness (QED) is 0.693. The molecule has 7 heteroatoms. The number of ether oxygens (including phenoxy) is 1. The van der Waals surface area contributed by atoms with Gasteiger partial charge in [0.15, 0.2) is 5.60 Å². The van der Waals surface area contributed by atoms with Crippen LogP contribution in [0.2, 0.25) is 0 Å². The van der Waals surface area contributed by atoms with Crippen LogP contribution in [0.5, 0.6) is 5.75 Å². The summed E-state index contributed by atoms with van der Waals surface area (Å²) >= 11 is 0. The van der Waals surface area contributed by atoms with Crippen molar-refractivity contribution in [2.24, 2.45) is 0 Å². The second kappa shape index (κ2) is 9.92. The van der Waals surface area contributed by atoms with Gasteiger partial charge in [0.25, 0.3) is 11.8 Å². The van der Waals surface area contributed by atoms with Gasteiger partial charge < -0.3 is 19.9 Å². The molecule has 0 bridgehead atoms. The highest BCUT2D eigenvalue weighted by Crippen LogP contribution is 2.39. The van der Waals surface area contributed by atoms with Crippen molar-refractivity contribution in [2.75, 3.05) is 18.0 Å². The van der Waals surface area contributed by atoms with Crippen molar-refractivity contribution in [3.05, 3.63) is 23.8 Å². The fourth-order valence-electron chi connectivity index (χ4n) is 4.68. The van der Waals surface area contributed by atoms with E-state index in [1.54, 1.807) is 43.9 Å². The lowest BCUT2D eigenvalue weighted by Gasteiger charge is -2.40. The standard InChI is InChI=1S/C25H37N3O4/c1-6-22(29)26-14-15-27-20-16-18(12-13-21(20)32-25(4,5)24(27)31)23(30)28(17(2)3)19-10-8-7-9-11-19/h12-13,16-17,19H,6-11,14-15H2,1-5H3,(H,26,29). The van der Waals surface area contributed by atoms with Crippen LogP contribution in [0.3, 0.4) is 0 Å². The van der Waals surface area contributed by atoms with E-state index in [0.717, 1.165) is 25.7 Å². The zero-order valence-electron chi connectivity index (χ0n) is 20.1.